The Morgan fingerprint density at radius 3 is 2.67 bits per heavy atom. The molecule has 1 aromatic carbocycles. The molecule has 0 spiro atoms. The summed E-state index contributed by atoms with van der Waals surface area (Å²) in [5.74, 6) is 0.364. The van der Waals surface area contributed by atoms with Crippen LogP contribution in [0.3, 0.4) is 0 Å². The van der Waals surface area contributed by atoms with Gasteiger partial charge in [-0.05, 0) is 45.8 Å². The lowest BCUT2D eigenvalue weighted by molar-refractivity contribution is 0.406. The number of rotatable bonds is 7. The van der Waals surface area contributed by atoms with Crippen molar-refractivity contribution >= 4 is 23.5 Å². The number of benzene rings is 1. The normalized spacial score (nSPS) is 14.8. The van der Waals surface area contributed by atoms with Gasteiger partial charge in [-0.1, -0.05) is 23.8 Å². The van der Waals surface area contributed by atoms with Crippen LogP contribution in [0.4, 0.5) is 20.4 Å². The highest BCUT2D eigenvalue weighted by Gasteiger charge is 2.24. The molecule has 1 aliphatic carbocycles. The van der Waals surface area contributed by atoms with E-state index in [9.17, 15) is 4.39 Å². The number of halogens is 2. The van der Waals surface area contributed by atoms with Crippen LogP contribution in [0.15, 0.2) is 46.5 Å². The molecule has 0 fully saturated rings. The van der Waals surface area contributed by atoms with Crippen molar-refractivity contribution in [1.29, 1.82) is 0 Å². The topological polar surface area (TPSA) is 62.6 Å². The van der Waals surface area contributed by atoms with Crippen LogP contribution in [0, 0.1) is 11.6 Å². The quantitative estimate of drug-likeness (QED) is 0.587. The maximum atomic E-state index is 15.1. The van der Waals surface area contributed by atoms with Gasteiger partial charge in [0.2, 0.25) is 0 Å². The Hall–Kier alpha value is -3.55. The van der Waals surface area contributed by atoms with Gasteiger partial charge in [0.25, 0.3) is 0 Å². The van der Waals surface area contributed by atoms with Gasteiger partial charge in [-0.15, -0.1) is 0 Å². The second kappa shape index (κ2) is 9.52. The van der Waals surface area contributed by atoms with Crippen molar-refractivity contribution in [3.63, 3.8) is 0 Å². The predicted molar refractivity (Wildman–Crippen MR) is 128 cm³/mol. The van der Waals surface area contributed by atoms with E-state index in [0.717, 1.165) is 17.2 Å². The van der Waals surface area contributed by atoms with Gasteiger partial charge in [0.15, 0.2) is 11.6 Å². The summed E-state index contributed by atoms with van der Waals surface area (Å²) in [4.78, 5) is 15.3. The monoisotopic (exact) mass is 451 g/mol. The Kier molecular flexibility index (Phi) is 6.53. The molecule has 8 heteroatoms. The number of hydrogen-bond acceptors (Lipinski definition) is 6. The van der Waals surface area contributed by atoms with Gasteiger partial charge in [0.05, 0.1) is 6.54 Å². The standard InChI is InChI=1S/C25H27F2N5O/c1-5-8-16-11-21(28-14-16)29-22-13-23(32(6-2)7-3)31-25(30-22)33-20-12-19(26)17-9-15(4)10-18(17)24(20)27/h5,8,10-13H,6-7,9,14H2,1-4H3,(H,28,29,30,31)/b8-5+. The molecule has 0 amide bonds. The van der Waals surface area contributed by atoms with E-state index in [4.69, 9.17) is 4.74 Å². The van der Waals surface area contributed by atoms with Crippen LogP contribution < -0.4 is 15.0 Å². The molecule has 0 radical (unpaired) electrons. The lowest BCUT2D eigenvalue weighted by atomic mass is 10.1. The molecule has 0 atom stereocenters. The van der Waals surface area contributed by atoms with Crippen molar-refractivity contribution in [3.05, 3.63) is 64.3 Å². The zero-order valence-corrected chi connectivity index (χ0v) is 19.2. The summed E-state index contributed by atoms with van der Waals surface area (Å²) in [5.41, 5.74) is 2.55. The smallest absolute Gasteiger partial charge is 0.326 e. The van der Waals surface area contributed by atoms with Crippen LogP contribution >= 0.6 is 0 Å². The summed E-state index contributed by atoms with van der Waals surface area (Å²) in [7, 11) is 0. The van der Waals surface area contributed by atoms with Crippen molar-refractivity contribution in [2.45, 2.75) is 34.1 Å². The first kappa shape index (κ1) is 22.6. The third kappa shape index (κ3) is 4.79. The van der Waals surface area contributed by atoms with Crippen LogP contribution in [0.1, 0.15) is 38.8 Å². The molecule has 4 rings (SSSR count). The molecule has 0 saturated heterocycles. The van der Waals surface area contributed by atoms with Gasteiger partial charge in [-0.2, -0.15) is 9.97 Å². The minimum Gasteiger partial charge on any atom is -0.421 e. The number of fused-ring (bicyclic) bond motifs is 1. The minimum absolute atomic E-state index is 0.0740. The summed E-state index contributed by atoms with van der Waals surface area (Å²) in [6.07, 6.45) is 7.93. The molecule has 1 N–H and O–H groups in total. The number of aliphatic imine (C=N–C) groups is 1. The number of aromatic nitrogens is 2. The molecular formula is C25H27F2N5O. The summed E-state index contributed by atoms with van der Waals surface area (Å²) in [5, 5.41) is 3.18. The molecule has 0 saturated carbocycles. The minimum atomic E-state index is -0.617. The van der Waals surface area contributed by atoms with E-state index in [1.165, 1.54) is 0 Å². The zero-order chi connectivity index (χ0) is 23.5. The van der Waals surface area contributed by atoms with E-state index in [-0.39, 0.29) is 17.3 Å². The molecule has 172 valence electrons. The first-order valence-electron chi connectivity index (χ1n) is 11.1. The molecule has 33 heavy (non-hydrogen) atoms. The van der Waals surface area contributed by atoms with Crippen LogP contribution in [-0.4, -0.2) is 35.4 Å². The number of anilines is 2. The molecule has 1 aromatic heterocycles. The Bertz CT molecular complexity index is 1200. The molecule has 0 bridgehead atoms. The van der Waals surface area contributed by atoms with Gasteiger partial charge in [0.1, 0.15) is 23.3 Å². The molecule has 2 heterocycles. The molecule has 2 aromatic rings. The van der Waals surface area contributed by atoms with Crippen molar-refractivity contribution < 1.29 is 13.5 Å². The van der Waals surface area contributed by atoms with Gasteiger partial charge >= 0.3 is 6.01 Å². The van der Waals surface area contributed by atoms with Gasteiger partial charge in [0, 0.05) is 36.3 Å². The number of nitrogens with zero attached hydrogens (tertiary/aromatic N) is 4. The van der Waals surface area contributed by atoms with Crippen molar-refractivity contribution in [2.24, 2.45) is 4.99 Å². The highest BCUT2D eigenvalue weighted by molar-refractivity contribution is 6.05. The molecule has 2 aliphatic rings. The van der Waals surface area contributed by atoms with Gasteiger partial charge in [-0.3, -0.25) is 4.99 Å². The maximum Gasteiger partial charge on any atom is 0.326 e. The fourth-order valence-electron chi connectivity index (χ4n) is 3.94. The Balaban J connectivity index is 1.68. The second-order valence-corrected chi connectivity index (χ2v) is 7.94. The lowest BCUT2D eigenvalue weighted by Gasteiger charge is -2.21. The maximum absolute atomic E-state index is 15.1. The number of amidine groups is 1. The molecule has 6 nitrogen and oxygen atoms in total. The van der Waals surface area contributed by atoms with E-state index >= 15 is 4.39 Å². The summed E-state index contributed by atoms with van der Waals surface area (Å²) >= 11 is 0. The summed E-state index contributed by atoms with van der Waals surface area (Å²) in [6, 6.07) is 2.78. The number of ether oxygens (including phenoxy) is 1. The predicted octanol–water partition coefficient (Wildman–Crippen LogP) is 5.68. The Labute approximate surface area is 192 Å². The number of allylic oxidation sites excluding steroid dienone is 2. The number of hydrogen-bond donors (Lipinski definition) is 1. The van der Waals surface area contributed by atoms with E-state index < -0.39 is 11.6 Å². The molecular weight excluding hydrogens is 424 g/mol. The van der Waals surface area contributed by atoms with Crippen molar-refractivity contribution in [1.82, 2.24) is 9.97 Å². The fraction of sp³-hybridized carbons (Fsp3) is 0.320. The average Bonchev–Trinajstić information content (AvgIpc) is 3.39. The third-order valence-electron chi connectivity index (χ3n) is 5.54. The first-order chi connectivity index (χ1) is 15.9. The zero-order valence-electron chi connectivity index (χ0n) is 19.2. The van der Waals surface area contributed by atoms with Gasteiger partial charge in [-0.25, -0.2) is 8.78 Å². The lowest BCUT2D eigenvalue weighted by Crippen LogP contribution is -2.23. The third-order valence-corrected chi connectivity index (χ3v) is 5.54. The van der Waals surface area contributed by atoms with Crippen LogP contribution in [-0.2, 0) is 6.42 Å². The average molecular weight is 452 g/mol. The van der Waals surface area contributed by atoms with E-state index in [1.807, 2.05) is 50.8 Å². The fourth-order valence-corrected chi connectivity index (χ4v) is 3.94. The first-order valence-corrected chi connectivity index (χ1v) is 11.1. The highest BCUT2D eigenvalue weighted by Crippen LogP contribution is 2.36. The van der Waals surface area contributed by atoms with Crippen LogP contribution in [0.5, 0.6) is 11.8 Å². The largest absolute Gasteiger partial charge is 0.421 e. The van der Waals surface area contributed by atoms with Crippen LogP contribution in [0.2, 0.25) is 0 Å². The number of nitrogens with one attached hydrogen (secondary N) is 1. The Morgan fingerprint density at radius 1 is 1.15 bits per heavy atom. The van der Waals surface area contributed by atoms with E-state index in [2.05, 4.69) is 20.3 Å². The van der Waals surface area contributed by atoms with Crippen LogP contribution in [0.25, 0.3) is 6.08 Å². The van der Waals surface area contributed by atoms with Crippen molar-refractivity contribution in [2.75, 3.05) is 29.9 Å². The van der Waals surface area contributed by atoms with Crippen molar-refractivity contribution in [3.8, 4) is 11.8 Å². The summed E-state index contributed by atoms with van der Waals surface area (Å²) < 4.78 is 35.4. The van der Waals surface area contributed by atoms with E-state index in [0.29, 0.717) is 49.1 Å². The van der Waals surface area contributed by atoms with E-state index in [1.54, 1.807) is 12.1 Å². The highest BCUT2D eigenvalue weighted by atomic mass is 19.1. The molecule has 1 aliphatic heterocycles. The van der Waals surface area contributed by atoms with Gasteiger partial charge < -0.3 is 15.0 Å². The second-order valence-electron chi connectivity index (χ2n) is 7.94. The molecule has 0 unspecified atom stereocenters. The SMILES string of the molecule is C/C=C/C1=CC(Nc2cc(N(CC)CC)nc(Oc3cc(F)c4c(c3F)C=C(C)C4)n2)=NC1. The Morgan fingerprint density at radius 2 is 1.94 bits per heavy atom. The summed E-state index contributed by atoms with van der Waals surface area (Å²) in [6.45, 7) is 9.82.